The molecule has 7 heteroatoms. The summed E-state index contributed by atoms with van der Waals surface area (Å²) in [6.07, 6.45) is 0. The van der Waals surface area contributed by atoms with Gasteiger partial charge in [0.05, 0.1) is 11.6 Å². The fourth-order valence-corrected chi connectivity index (χ4v) is 2.27. The molecule has 1 N–H and O–H groups in total. The standard InChI is InChI=1S/C17H14Cl2FNO3/c1-10(11-2-4-12(18)5-3-11)21-16(22)9-24-17(23)14-7-6-13(19)8-15(14)20/h2-8,10H,9H2,1H3,(H,21,22)/t10-/m0/s1. The second-order valence-corrected chi connectivity index (χ2v) is 5.91. The van der Waals surface area contributed by atoms with Gasteiger partial charge in [0, 0.05) is 10.0 Å². The molecule has 126 valence electrons. The summed E-state index contributed by atoms with van der Waals surface area (Å²) in [5, 5.41) is 3.43. The summed E-state index contributed by atoms with van der Waals surface area (Å²) >= 11 is 11.4. The van der Waals surface area contributed by atoms with Crippen molar-refractivity contribution in [3.63, 3.8) is 0 Å². The number of hydrogen-bond donors (Lipinski definition) is 1. The average molecular weight is 370 g/mol. The van der Waals surface area contributed by atoms with Crippen molar-refractivity contribution in [1.29, 1.82) is 0 Å². The molecule has 0 saturated heterocycles. The van der Waals surface area contributed by atoms with Crippen LogP contribution in [0.4, 0.5) is 4.39 Å². The smallest absolute Gasteiger partial charge is 0.341 e. The Morgan fingerprint density at radius 1 is 1.12 bits per heavy atom. The highest BCUT2D eigenvalue weighted by Crippen LogP contribution is 2.17. The molecule has 0 unspecified atom stereocenters. The predicted molar refractivity (Wildman–Crippen MR) is 89.7 cm³/mol. The summed E-state index contributed by atoms with van der Waals surface area (Å²) in [6.45, 7) is 1.26. The molecule has 0 saturated carbocycles. The molecule has 0 aliphatic rings. The summed E-state index contributed by atoms with van der Waals surface area (Å²) in [5.41, 5.74) is 0.570. The minimum absolute atomic E-state index is 0.165. The van der Waals surface area contributed by atoms with Crippen LogP contribution in [0.3, 0.4) is 0 Å². The van der Waals surface area contributed by atoms with E-state index in [1.807, 2.05) is 0 Å². The van der Waals surface area contributed by atoms with Crippen molar-refractivity contribution in [2.45, 2.75) is 13.0 Å². The van der Waals surface area contributed by atoms with E-state index in [1.165, 1.54) is 12.1 Å². The Balaban J connectivity index is 1.88. The molecule has 2 aromatic rings. The van der Waals surface area contributed by atoms with E-state index >= 15 is 0 Å². The van der Waals surface area contributed by atoms with Gasteiger partial charge in [-0.2, -0.15) is 0 Å². The highest BCUT2D eigenvalue weighted by Gasteiger charge is 2.16. The molecule has 24 heavy (non-hydrogen) atoms. The maximum Gasteiger partial charge on any atom is 0.341 e. The maximum absolute atomic E-state index is 13.6. The Labute approximate surface area is 148 Å². The lowest BCUT2D eigenvalue weighted by molar-refractivity contribution is -0.124. The molecule has 0 radical (unpaired) electrons. The summed E-state index contributed by atoms with van der Waals surface area (Å²) in [7, 11) is 0. The normalized spacial score (nSPS) is 11.7. The largest absolute Gasteiger partial charge is 0.452 e. The average Bonchev–Trinajstić information content (AvgIpc) is 2.53. The summed E-state index contributed by atoms with van der Waals surface area (Å²) in [4.78, 5) is 23.6. The Morgan fingerprint density at radius 3 is 2.38 bits per heavy atom. The highest BCUT2D eigenvalue weighted by molar-refractivity contribution is 6.30. The van der Waals surface area contributed by atoms with Crippen LogP contribution in [-0.2, 0) is 9.53 Å². The van der Waals surface area contributed by atoms with Gasteiger partial charge < -0.3 is 10.1 Å². The molecule has 0 heterocycles. The van der Waals surface area contributed by atoms with Crippen LogP contribution in [0, 0.1) is 5.82 Å². The second-order valence-electron chi connectivity index (χ2n) is 5.04. The lowest BCUT2D eigenvalue weighted by Gasteiger charge is -2.14. The molecule has 2 aromatic carbocycles. The predicted octanol–water partition coefficient (Wildman–Crippen LogP) is 4.17. The minimum Gasteiger partial charge on any atom is -0.452 e. The Morgan fingerprint density at radius 2 is 1.75 bits per heavy atom. The molecule has 1 atom stereocenters. The number of esters is 1. The highest BCUT2D eigenvalue weighted by atomic mass is 35.5. The lowest BCUT2D eigenvalue weighted by atomic mass is 10.1. The van der Waals surface area contributed by atoms with Crippen molar-refractivity contribution in [1.82, 2.24) is 5.32 Å². The van der Waals surface area contributed by atoms with Crippen LogP contribution >= 0.6 is 23.2 Å². The van der Waals surface area contributed by atoms with Crippen LogP contribution in [0.5, 0.6) is 0 Å². The molecular formula is C17H14Cl2FNO3. The van der Waals surface area contributed by atoms with E-state index in [0.29, 0.717) is 5.02 Å². The van der Waals surface area contributed by atoms with Crippen molar-refractivity contribution < 1.29 is 18.7 Å². The maximum atomic E-state index is 13.6. The minimum atomic E-state index is -0.932. The van der Waals surface area contributed by atoms with Crippen molar-refractivity contribution in [2.24, 2.45) is 0 Å². The third kappa shape index (κ3) is 4.94. The fraction of sp³-hybridized carbons (Fsp3) is 0.176. The summed E-state index contributed by atoms with van der Waals surface area (Å²) in [5.74, 6) is -2.24. The van der Waals surface area contributed by atoms with Gasteiger partial charge in [-0.05, 0) is 42.8 Å². The van der Waals surface area contributed by atoms with Crippen LogP contribution in [0.2, 0.25) is 10.0 Å². The van der Waals surface area contributed by atoms with E-state index in [4.69, 9.17) is 27.9 Å². The zero-order valence-corrected chi connectivity index (χ0v) is 14.2. The molecule has 2 rings (SSSR count). The van der Waals surface area contributed by atoms with Gasteiger partial charge in [0.2, 0.25) is 0 Å². The summed E-state index contributed by atoms with van der Waals surface area (Å²) < 4.78 is 18.4. The topological polar surface area (TPSA) is 55.4 Å². The molecular weight excluding hydrogens is 356 g/mol. The number of nitrogens with one attached hydrogen (secondary N) is 1. The molecule has 0 aromatic heterocycles. The molecule has 0 bridgehead atoms. The zero-order valence-electron chi connectivity index (χ0n) is 12.7. The second kappa shape index (κ2) is 8.13. The van der Waals surface area contributed by atoms with Crippen LogP contribution in [0.1, 0.15) is 28.9 Å². The van der Waals surface area contributed by atoms with Gasteiger partial charge in [-0.3, -0.25) is 4.79 Å². The van der Waals surface area contributed by atoms with Gasteiger partial charge in [-0.25, -0.2) is 9.18 Å². The quantitative estimate of drug-likeness (QED) is 0.804. The van der Waals surface area contributed by atoms with E-state index < -0.39 is 24.3 Å². The van der Waals surface area contributed by atoms with E-state index in [0.717, 1.165) is 11.6 Å². The van der Waals surface area contributed by atoms with E-state index in [-0.39, 0.29) is 16.6 Å². The molecule has 0 aliphatic heterocycles. The van der Waals surface area contributed by atoms with E-state index in [9.17, 15) is 14.0 Å². The molecule has 4 nitrogen and oxygen atoms in total. The lowest BCUT2D eigenvalue weighted by Crippen LogP contribution is -2.31. The first kappa shape index (κ1) is 18.2. The zero-order chi connectivity index (χ0) is 17.7. The number of rotatable bonds is 5. The van der Waals surface area contributed by atoms with Crippen molar-refractivity contribution in [3.05, 3.63) is 69.5 Å². The molecule has 1 amide bonds. The molecule has 0 fully saturated rings. The monoisotopic (exact) mass is 369 g/mol. The van der Waals surface area contributed by atoms with Crippen LogP contribution in [0.25, 0.3) is 0 Å². The van der Waals surface area contributed by atoms with Crippen LogP contribution in [-0.4, -0.2) is 18.5 Å². The van der Waals surface area contributed by atoms with Gasteiger partial charge in [0.1, 0.15) is 5.82 Å². The van der Waals surface area contributed by atoms with Crippen molar-refractivity contribution >= 4 is 35.1 Å². The number of hydrogen-bond acceptors (Lipinski definition) is 3. The number of carbonyl (C=O) groups excluding carboxylic acids is 2. The fourth-order valence-electron chi connectivity index (χ4n) is 1.98. The number of carbonyl (C=O) groups is 2. The van der Waals surface area contributed by atoms with Gasteiger partial charge in [-0.15, -0.1) is 0 Å². The number of benzene rings is 2. The van der Waals surface area contributed by atoms with Gasteiger partial charge >= 0.3 is 5.97 Å². The summed E-state index contributed by atoms with van der Waals surface area (Å²) in [6, 6.07) is 10.3. The third-order valence-electron chi connectivity index (χ3n) is 3.23. The van der Waals surface area contributed by atoms with Gasteiger partial charge in [-0.1, -0.05) is 35.3 Å². The molecule has 0 spiro atoms. The first-order chi connectivity index (χ1) is 11.4. The first-order valence-electron chi connectivity index (χ1n) is 7.04. The first-order valence-corrected chi connectivity index (χ1v) is 7.79. The third-order valence-corrected chi connectivity index (χ3v) is 3.72. The van der Waals surface area contributed by atoms with Gasteiger partial charge in [0.25, 0.3) is 5.91 Å². The van der Waals surface area contributed by atoms with Gasteiger partial charge in [0.15, 0.2) is 6.61 Å². The van der Waals surface area contributed by atoms with Crippen LogP contribution < -0.4 is 5.32 Å². The van der Waals surface area contributed by atoms with Crippen molar-refractivity contribution in [3.8, 4) is 0 Å². The number of amides is 1. The Kier molecular flexibility index (Phi) is 6.17. The van der Waals surface area contributed by atoms with E-state index in [1.54, 1.807) is 31.2 Å². The Bertz CT molecular complexity index is 750. The van der Waals surface area contributed by atoms with Crippen LogP contribution in [0.15, 0.2) is 42.5 Å². The van der Waals surface area contributed by atoms with E-state index in [2.05, 4.69) is 5.32 Å². The molecule has 0 aliphatic carbocycles. The number of ether oxygens (including phenoxy) is 1. The Hall–Kier alpha value is -2.11. The van der Waals surface area contributed by atoms with Crippen molar-refractivity contribution in [2.75, 3.05) is 6.61 Å². The number of halogens is 3. The SMILES string of the molecule is C[C@H](NC(=O)COC(=O)c1ccc(Cl)cc1F)c1ccc(Cl)cc1.